The van der Waals surface area contributed by atoms with Gasteiger partial charge in [-0.2, -0.15) is 0 Å². The number of likely N-dealkylation sites (N-methyl/N-ethyl adjacent to an activating group) is 1. The van der Waals surface area contributed by atoms with Crippen molar-refractivity contribution in [2.24, 2.45) is 11.8 Å². The molecule has 0 fully saturated rings. The van der Waals surface area contributed by atoms with Crippen molar-refractivity contribution in [1.82, 2.24) is 10.6 Å². The van der Waals surface area contributed by atoms with Crippen LogP contribution in [0.25, 0.3) is 0 Å². The van der Waals surface area contributed by atoms with E-state index < -0.39 is 6.04 Å². The Balaban J connectivity index is 2.20. The molecule has 2 amide bonds. The molecule has 0 radical (unpaired) electrons. The largest absolute Gasteiger partial charge is 0.497 e. The fraction of sp³-hybridized carbons (Fsp3) is 0.417. The number of methoxy groups -OCH3 is 1. The van der Waals surface area contributed by atoms with E-state index in [0.29, 0.717) is 30.2 Å². The SMILES string of the molecule is CNC(=O)[C@H](Cc1ccc(OC)cc1)NC(=O)C(Cc1c(S)cccc1Cl)CC(C)C. The predicted octanol–water partition coefficient (Wildman–Crippen LogP) is 4.32. The predicted molar refractivity (Wildman–Crippen MR) is 128 cm³/mol. The number of carbonyl (C=O) groups is 2. The van der Waals surface area contributed by atoms with Crippen LogP contribution < -0.4 is 15.4 Å². The minimum Gasteiger partial charge on any atom is -0.497 e. The molecule has 1 unspecified atom stereocenters. The summed E-state index contributed by atoms with van der Waals surface area (Å²) in [6, 6.07) is 12.3. The lowest BCUT2D eigenvalue weighted by molar-refractivity contribution is -0.131. The fourth-order valence-electron chi connectivity index (χ4n) is 3.52. The van der Waals surface area contributed by atoms with E-state index >= 15 is 0 Å². The molecule has 2 N–H and O–H groups in total. The first kappa shape index (κ1) is 25.1. The highest BCUT2D eigenvalue weighted by Gasteiger charge is 2.27. The zero-order chi connectivity index (χ0) is 23.0. The zero-order valence-corrected chi connectivity index (χ0v) is 20.1. The molecule has 0 aliphatic rings. The number of nitrogens with one attached hydrogen (secondary N) is 2. The van der Waals surface area contributed by atoms with Gasteiger partial charge in [0.15, 0.2) is 0 Å². The summed E-state index contributed by atoms with van der Waals surface area (Å²) in [5, 5.41) is 6.20. The molecule has 2 aromatic rings. The lowest BCUT2D eigenvalue weighted by Crippen LogP contribution is -2.49. The monoisotopic (exact) mass is 462 g/mol. The molecule has 0 aromatic heterocycles. The zero-order valence-electron chi connectivity index (χ0n) is 18.4. The maximum Gasteiger partial charge on any atom is 0.242 e. The summed E-state index contributed by atoms with van der Waals surface area (Å²) < 4.78 is 5.19. The van der Waals surface area contributed by atoms with E-state index in [2.05, 4.69) is 37.1 Å². The second-order valence-corrected chi connectivity index (χ2v) is 8.88. The highest BCUT2D eigenvalue weighted by Crippen LogP contribution is 2.28. The number of amides is 2. The molecule has 0 spiro atoms. The third-order valence-corrected chi connectivity index (χ3v) is 5.92. The van der Waals surface area contributed by atoms with Crippen LogP contribution in [-0.4, -0.2) is 32.0 Å². The van der Waals surface area contributed by atoms with E-state index in [1.165, 1.54) is 0 Å². The third-order valence-electron chi connectivity index (χ3n) is 5.15. The highest BCUT2D eigenvalue weighted by atomic mass is 35.5. The number of carbonyl (C=O) groups excluding carboxylic acids is 2. The van der Waals surface area contributed by atoms with Crippen molar-refractivity contribution in [3.63, 3.8) is 0 Å². The molecule has 7 heteroatoms. The lowest BCUT2D eigenvalue weighted by atomic mass is 9.89. The van der Waals surface area contributed by atoms with Gasteiger partial charge in [-0.05, 0) is 54.2 Å². The molecule has 2 atom stereocenters. The van der Waals surface area contributed by atoms with Gasteiger partial charge in [0, 0.05) is 29.3 Å². The van der Waals surface area contributed by atoms with Crippen LogP contribution >= 0.6 is 24.2 Å². The van der Waals surface area contributed by atoms with Crippen molar-refractivity contribution in [3.05, 3.63) is 58.6 Å². The molecule has 0 saturated heterocycles. The first-order chi connectivity index (χ1) is 14.7. The Morgan fingerprint density at radius 2 is 1.74 bits per heavy atom. The van der Waals surface area contributed by atoms with Gasteiger partial charge in [-0.1, -0.05) is 43.6 Å². The Hall–Kier alpha value is -2.18. The van der Waals surface area contributed by atoms with Gasteiger partial charge in [0.05, 0.1) is 7.11 Å². The van der Waals surface area contributed by atoms with Crippen LogP contribution in [0.5, 0.6) is 5.75 Å². The van der Waals surface area contributed by atoms with E-state index in [4.69, 9.17) is 16.3 Å². The number of benzene rings is 2. The van der Waals surface area contributed by atoms with Gasteiger partial charge in [-0.3, -0.25) is 9.59 Å². The Morgan fingerprint density at radius 1 is 1.06 bits per heavy atom. The highest BCUT2D eigenvalue weighted by molar-refractivity contribution is 7.80. The molecular formula is C24H31ClN2O3S. The second kappa shape index (κ2) is 12.0. The Bertz CT molecular complexity index is 867. The summed E-state index contributed by atoms with van der Waals surface area (Å²) in [4.78, 5) is 26.5. The maximum absolute atomic E-state index is 13.2. The molecule has 0 saturated carbocycles. The van der Waals surface area contributed by atoms with Gasteiger partial charge >= 0.3 is 0 Å². The molecule has 2 rings (SSSR count). The molecule has 2 aromatic carbocycles. The molecule has 168 valence electrons. The van der Waals surface area contributed by atoms with Crippen molar-refractivity contribution in [3.8, 4) is 5.75 Å². The first-order valence-corrected chi connectivity index (χ1v) is 11.2. The van der Waals surface area contributed by atoms with Gasteiger partial charge in [-0.15, -0.1) is 12.6 Å². The maximum atomic E-state index is 13.2. The molecule has 0 aliphatic heterocycles. The van der Waals surface area contributed by atoms with Gasteiger partial charge in [0.1, 0.15) is 11.8 Å². The normalized spacial score (nSPS) is 12.9. The number of ether oxygens (including phenoxy) is 1. The Morgan fingerprint density at radius 3 is 2.29 bits per heavy atom. The van der Waals surface area contributed by atoms with Crippen molar-refractivity contribution in [1.29, 1.82) is 0 Å². The third kappa shape index (κ3) is 7.47. The number of halogens is 1. The average molecular weight is 463 g/mol. The summed E-state index contributed by atoms with van der Waals surface area (Å²) in [6.45, 7) is 4.14. The van der Waals surface area contributed by atoms with Crippen LogP contribution in [0, 0.1) is 11.8 Å². The van der Waals surface area contributed by atoms with Crippen molar-refractivity contribution >= 4 is 36.0 Å². The summed E-state index contributed by atoms with van der Waals surface area (Å²) in [5.41, 5.74) is 1.78. The van der Waals surface area contributed by atoms with Crippen molar-refractivity contribution < 1.29 is 14.3 Å². The lowest BCUT2D eigenvalue weighted by Gasteiger charge is -2.24. The molecule has 31 heavy (non-hydrogen) atoms. The van der Waals surface area contributed by atoms with Crippen LogP contribution in [0.4, 0.5) is 0 Å². The first-order valence-electron chi connectivity index (χ1n) is 10.4. The van der Waals surface area contributed by atoms with E-state index in [1.807, 2.05) is 36.4 Å². The molecule has 0 aliphatic carbocycles. The summed E-state index contributed by atoms with van der Waals surface area (Å²) >= 11 is 10.9. The van der Waals surface area contributed by atoms with Crippen molar-refractivity contribution in [2.45, 2.75) is 44.0 Å². The van der Waals surface area contributed by atoms with E-state index in [-0.39, 0.29) is 17.7 Å². The number of rotatable bonds is 10. The summed E-state index contributed by atoms with van der Waals surface area (Å²) in [7, 11) is 3.17. The van der Waals surface area contributed by atoms with Gasteiger partial charge < -0.3 is 15.4 Å². The van der Waals surface area contributed by atoms with E-state index in [9.17, 15) is 9.59 Å². The molecule has 5 nitrogen and oxygen atoms in total. The average Bonchev–Trinajstić information content (AvgIpc) is 2.74. The minimum atomic E-state index is -0.678. The fourth-order valence-corrected chi connectivity index (χ4v) is 4.13. The van der Waals surface area contributed by atoms with E-state index in [0.717, 1.165) is 21.8 Å². The molecule has 0 heterocycles. The smallest absolute Gasteiger partial charge is 0.242 e. The van der Waals surface area contributed by atoms with Crippen LogP contribution in [0.1, 0.15) is 31.4 Å². The van der Waals surface area contributed by atoms with E-state index in [1.54, 1.807) is 20.2 Å². The number of thiol groups is 1. The second-order valence-electron chi connectivity index (χ2n) is 8.00. The quantitative estimate of drug-likeness (QED) is 0.461. The van der Waals surface area contributed by atoms with Crippen LogP contribution in [0.3, 0.4) is 0 Å². The van der Waals surface area contributed by atoms with Gasteiger partial charge in [0.25, 0.3) is 0 Å². The van der Waals surface area contributed by atoms with Crippen LogP contribution in [-0.2, 0) is 22.4 Å². The Labute approximate surface area is 195 Å². The Kier molecular flexibility index (Phi) is 9.72. The van der Waals surface area contributed by atoms with Gasteiger partial charge in [0.2, 0.25) is 11.8 Å². The van der Waals surface area contributed by atoms with Crippen molar-refractivity contribution in [2.75, 3.05) is 14.2 Å². The molecule has 0 bridgehead atoms. The van der Waals surface area contributed by atoms with Crippen LogP contribution in [0.2, 0.25) is 5.02 Å². The van der Waals surface area contributed by atoms with Gasteiger partial charge in [-0.25, -0.2) is 0 Å². The summed E-state index contributed by atoms with van der Waals surface area (Å²) in [5.74, 6) is 0.322. The minimum absolute atomic E-state index is 0.163. The summed E-state index contributed by atoms with van der Waals surface area (Å²) in [6.07, 6.45) is 1.52. The topological polar surface area (TPSA) is 67.4 Å². The number of hydrogen-bond acceptors (Lipinski definition) is 4. The van der Waals surface area contributed by atoms with Crippen LogP contribution in [0.15, 0.2) is 47.4 Å². The number of hydrogen-bond donors (Lipinski definition) is 3. The standard InChI is InChI=1S/C24H31ClN2O3S/c1-15(2)12-17(14-19-20(25)6-5-7-22(19)31)23(28)27-21(24(29)26-3)13-16-8-10-18(30-4)11-9-16/h5-11,15,17,21,31H,12-14H2,1-4H3,(H,26,29)(H,27,28)/t17?,21-/m0/s1. The molecular weight excluding hydrogens is 432 g/mol.